The van der Waals surface area contributed by atoms with Crippen molar-refractivity contribution >= 4 is 16.9 Å². The molecule has 5 rings (SSSR count). The van der Waals surface area contributed by atoms with E-state index in [-0.39, 0.29) is 19.1 Å². The average molecular weight is 440 g/mol. The summed E-state index contributed by atoms with van der Waals surface area (Å²) in [4.78, 5) is 16.5. The first-order chi connectivity index (χ1) is 16.1. The van der Waals surface area contributed by atoms with E-state index in [1.165, 1.54) is 0 Å². The van der Waals surface area contributed by atoms with Gasteiger partial charge in [-0.15, -0.1) is 0 Å². The summed E-state index contributed by atoms with van der Waals surface area (Å²) in [7, 11) is 0. The molecule has 1 heterocycles. The van der Waals surface area contributed by atoms with Crippen molar-refractivity contribution in [3.8, 4) is 11.1 Å². The third kappa shape index (κ3) is 4.06. The molecule has 3 aromatic carbocycles. The van der Waals surface area contributed by atoms with Crippen LogP contribution in [0.5, 0.6) is 0 Å². The van der Waals surface area contributed by atoms with E-state index in [2.05, 4.69) is 34.6 Å². The van der Waals surface area contributed by atoms with E-state index in [4.69, 9.17) is 4.74 Å². The van der Waals surface area contributed by atoms with Gasteiger partial charge in [0.25, 0.3) is 0 Å². The van der Waals surface area contributed by atoms with Crippen LogP contribution in [0.3, 0.4) is 0 Å². The van der Waals surface area contributed by atoms with E-state index in [1.807, 2.05) is 42.5 Å². The number of alkyl carbamates (subject to hydrolysis) is 1. The first-order valence-corrected chi connectivity index (χ1v) is 10.9. The van der Waals surface area contributed by atoms with Crippen LogP contribution in [0.15, 0.2) is 85.2 Å². The number of carbonyl (C=O) groups excluding carboxylic acids is 1. The second-order valence-electron chi connectivity index (χ2n) is 8.16. The number of hydrogen-bond donors (Lipinski definition) is 3. The lowest BCUT2D eigenvalue weighted by Gasteiger charge is -2.20. The number of amides is 1. The molecule has 0 spiro atoms. The minimum absolute atomic E-state index is 0.0400. The number of nitrogens with zero attached hydrogens (tertiary/aromatic N) is 1. The summed E-state index contributed by atoms with van der Waals surface area (Å²) in [5, 5.41) is 25.4. The SMILES string of the molecule is O=C(NCC(O)C(O)c1cccc2ccncc12)OCC1c2ccccc2-c2ccccc21. The third-order valence-corrected chi connectivity index (χ3v) is 6.20. The monoisotopic (exact) mass is 440 g/mol. The molecule has 33 heavy (non-hydrogen) atoms. The van der Waals surface area contributed by atoms with Crippen LogP contribution in [-0.2, 0) is 4.74 Å². The highest BCUT2D eigenvalue weighted by atomic mass is 16.5. The molecule has 1 aliphatic carbocycles. The second kappa shape index (κ2) is 9.02. The summed E-state index contributed by atoms with van der Waals surface area (Å²) in [5.41, 5.74) is 5.14. The summed E-state index contributed by atoms with van der Waals surface area (Å²) >= 11 is 0. The molecule has 4 aromatic rings. The maximum atomic E-state index is 12.4. The maximum absolute atomic E-state index is 12.4. The van der Waals surface area contributed by atoms with Gasteiger partial charge in [-0.1, -0.05) is 66.7 Å². The zero-order valence-corrected chi connectivity index (χ0v) is 17.9. The van der Waals surface area contributed by atoms with Gasteiger partial charge in [-0.05, 0) is 39.3 Å². The highest BCUT2D eigenvalue weighted by Gasteiger charge is 2.29. The molecular formula is C27H24N2O4. The van der Waals surface area contributed by atoms with E-state index in [0.717, 1.165) is 33.0 Å². The lowest BCUT2D eigenvalue weighted by Crippen LogP contribution is -2.36. The van der Waals surface area contributed by atoms with Gasteiger partial charge in [-0.25, -0.2) is 4.79 Å². The fraction of sp³-hybridized carbons (Fsp3) is 0.185. The topological polar surface area (TPSA) is 91.7 Å². The van der Waals surface area contributed by atoms with E-state index >= 15 is 0 Å². The first-order valence-electron chi connectivity index (χ1n) is 10.9. The van der Waals surface area contributed by atoms with Crippen molar-refractivity contribution in [1.29, 1.82) is 0 Å². The normalized spacial score (nSPS) is 14.4. The number of benzene rings is 3. The van der Waals surface area contributed by atoms with Gasteiger partial charge >= 0.3 is 6.09 Å². The quantitative estimate of drug-likeness (QED) is 0.419. The number of hydrogen-bond acceptors (Lipinski definition) is 5. The Morgan fingerprint density at radius 3 is 2.36 bits per heavy atom. The van der Waals surface area contributed by atoms with Crippen LogP contribution in [0, 0.1) is 0 Å². The number of rotatable bonds is 6. The molecule has 0 saturated carbocycles. The van der Waals surface area contributed by atoms with Crippen LogP contribution >= 0.6 is 0 Å². The highest BCUT2D eigenvalue weighted by Crippen LogP contribution is 2.44. The van der Waals surface area contributed by atoms with Gasteiger partial charge in [0.2, 0.25) is 0 Å². The van der Waals surface area contributed by atoms with Gasteiger partial charge < -0.3 is 20.3 Å². The summed E-state index contributed by atoms with van der Waals surface area (Å²) in [6.45, 7) is 0.0436. The molecule has 2 atom stereocenters. The second-order valence-corrected chi connectivity index (χ2v) is 8.16. The Bertz CT molecular complexity index is 1260. The molecule has 6 heteroatoms. The van der Waals surface area contributed by atoms with Crippen molar-refractivity contribution < 1.29 is 19.7 Å². The smallest absolute Gasteiger partial charge is 0.407 e. The minimum Gasteiger partial charge on any atom is -0.449 e. The molecule has 0 bridgehead atoms. The lowest BCUT2D eigenvalue weighted by atomic mass is 9.98. The van der Waals surface area contributed by atoms with Crippen LogP contribution in [0.1, 0.15) is 28.7 Å². The van der Waals surface area contributed by atoms with Gasteiger partial charge in [-0.3, -0.25) is 4.98 Å². The number of pyridine rings is 1. The molecule has 1 aliphatic rings. The van der Waals surface area contributed by atoms with E-state index in [9.17, 15) is 15.0 Å². The van der Waals surface area contributed by atoms with Crippen molar-refractivity contribution in [2.24, 2.45) is 0 Å². The maximum Gasteiger partial charge on any atom is 0.407 e. The zero-order valence-electron chi connectivity index (χ0n) is 17.9. The van der Waals surface area contributed by atoms with Crippen molar-refractivity contribution in [3.63, 3.8) is 0 Å². The van der Waals surface area contributed by atoms with E-state index in [0.29, 0.717) is 5.56 Å². The molecule has 6 nitrogen and oxygen atoms in total. The molecule has 0 aliphatic heterocycles. The Hall–Kier alpha value is -3.74. The van der Waals surface area contributed by atoms with Gasteiger partial charge in [0.15, 0.2) is 0 Å². The molecule has 3 N–H and O–H groups in total. The van der Waals surface area contributed by atoms with Gasteiger partial charge in [-0.2, -0.15) is 0 Å². The van der Waals surface area contributed by atoms with Crippen LogP contribution in [0.4, 0.5) is 4.79 Å². The lowest BCUT2D eigenvalue weighted by molar-refractivity contribution is 0.0194. The molecule has 0 saturated heterocycles. The van der Waals surface area contributed by atoms with Crippen LogP contribution in [-0.4, -0.2) is 40.5 Å². The average Bonchev–Trinajstić information content (AvgIpc) is 3.19. The van der Waals surface area contributed by atoms with Crippen molar-refractivity contribution in [2.75, 3.05) is 13.2 Å². The number of ether oxygens (including phenoxy) is 1. The number of carbonyl (C=O) groups is 1. The number of aliphatic hydroxyl groups is 2. The third-order valence-electron chi connectivity index (χ3n) is 6.20. The summed E-state index contributed by atoms with van der Waals surface area (Å²) in [6, 6.07) is 23.6. The molecule has 0 radical (unpaired) electrons. The Labute approximate surface area is 191 Å². The Morgan fingerprint density at radius 2 is 1.64 bits per heavy atom. The van der Waals surface area contributed by atoms with Crippen LogP contribution in [0.2, 0.25) is 0 Å². The first kappa shape index (κ1) is 21.1. The Morgan fingerprint density at radius 1 is 0.939 bits per heavy atom. The van der Waals surface area contributed by atoms with Crippen LogP contribution < -0.4 is 5.32 Å². The summed E-state index contributed by atoms with van der Waals surface area (Å²) in [5.74, 6) is -0.0400. The van der Waals surface area contributed by atoms with E-state index in [1.54, 1.807) is 18.5 Å². The van der Waals surface area contributed by atoms with Gasteiger partial charge in [0.05, 0.1) is 0 Å². The Balaban J connectivity index is 1.21. The summed E-state index contributed by atoms with van der Waals surface area (Å²) in [6.07, 6.45) is 0.318. The van der Waals surface area contributed by atoms with E-state index < -0.39 is 18.3 Å². The number of aromatic nitrogens is 1. The van der Waals surface area contributed by atoms with Gasteiger partial charge in [0.1, 0.15) is 18.8 Å². The zero-order chi connectivity index (χ0) is 22.8. The van der Waals surface area contributed by atoms with Crippen molar-refractivity contribution in [3.05, 3.63) is 102 Å². The minimum atomic E-state index is -1.20. The number of nitrogens with one attached hydrogen (secondary N) is 1. The molecule has 2 unspecified atom stereocenters. The van der Waals surface area contributed by atoms with Gasteiger partial charge in [0, 0.05) is 30.2 Å². The fourth-order valence-corrected chi connectivity index (χ4v) is 4.55. The molecule has 1 amide bonds. The fourth-order valence-electron chi connectivity index (χ4n) is 4.55. The molecule has 166 valence electrons. The molecule has 1 aromatic heterocycles. The Kier molecular flexibility index (Phi) is 5.77. The number of aliphatic hydroxyl groups excluding tert-OH is 2. The largest absolute Gasteiger partial charge is 0.449 e. The molecular weight excluding hydrogens is 416 g/mol. The standard InChI is InChI=1S/C27H24N2O4/c30-25(26(31)22-11-5-6-17-12-13-28-14-23(17)22)15-29-27(32)33-16-24-20-9-3-1-7-18(20)19-8-2-4-10-21(19)24/h1-14,24-26,30-31H,15-16H2,(H,29,32). The van der Waals surface area contributed by atoms with Crippen molar-refractivity contribution in [2.45, 2.75) is 18.1 Å². The highest BCUT2D eigenvalue weighted by molar-refractivity contribution is 5.85. The predicted octanol–water partition coefficient (Wildman–Crippen LogP) is 4.17. The predicted molar refractivity (Wildman–Crippen MR) is 126 cm³/mol. The van der Waals surface area contributed by atoms with Crippen molar-refractivity contribution in [1.82, 2.24) is 10.3 Å². The molecule has 0 fully saturated rings. The number of fused-ring (bicyclic) bond motifs is 4. The summed E-state index contributed by atoms with van der Waals surface area (Å²) < 4.78 is 5.49. The van der Waals surface area contributed by atoms with Crippen LogP contribution in [0.25, 0.3) is 21.9 Å².